The minimum Gasteiger partial charge on any atom is -0.466 e. The van der Waals surface area contributed by atoms with E-state index in [1.807, 2.05) is 0 Å². The molecule has 0 bridgehead atoms. The van der Waals surface area contributed by atoms with Crippen LogP contribution in [-0.2, 0) is 9.53 Å². The van der Waals surface area contributed by atoms with Gasteiger partial charge in [-0.05, 0) is 0 Å². The predicted octanol–water partition coefficient (Wildman–Crippen LogP) is 0.231. The molecule has 0 saturated carbocycles. The Labute approximate surface area is 60.2 Å². The normalized spacial score (nSPS) is 11.0. The molecule has 56 valence electrons. The first-order valence-electron chi connectivity index (χ1n) is 2.92. The lowest BCUT2D eigenvalue weighted by Crippen LogP contribution is -1.93. The summed E-state index contributed by atoms with van der Waals surface area (Å²) in [4.78, 5) is 10.4. The number of methoxy groups -OCH3 is 1. The van der Waals surface area contributed by atoms with E-state index in [4.69, 9.17) is 5.73 Å². The van der Waals surface area contributed by atoms with E-state index in [2.05, 4.69) is 4.74 Å². The van der Waals surface area contributed by atoms with E-state index in [-0.39, 0.29) is 5.97 Å². The summed E-state index contributed by atoms with van der Waals surface area (Å²) in [5.74, 6) is -0.360. The number of ether oxygens (including phenoxy) is 1. The summed E-state index contributed by atoms with van der Waals surface area (Å²) in [7, 11) is 1.33. The van der Waals surface area contributed by atoms with Crippen molar-refractivity contribution in [2.45, 2.75) is 0 Å². The molecule has 0 atom stereocenters. The SMILES string of the molecule is COC(=O)/C=C/C=C/CN. The van der Waals surface area contributed by atoms with Gasteiger partial charge in [0.05, 0.1) is 7.11 Å². The topological polar surface area (TPSA) is 52.3 Å². The monoisotopic (exact) mass is 141 g/mol. The molecule has 0 aromatic heterocycles. The van der Waals surface area contributed by atoms with Crippen molar-refractivity contribution in [1.29, 1.82) is 0 Å². The highest BCUT2D eigenvalue weighted by Crippen LogP contribution is 1.78. The molecule has 0 aromatic rings. The Kier molecular flexibility index (Phi) is 5.38. The summed E-state index contributed by atoms with van der Waals surface area (Å²) in [6.07, 6.45) is 6.33. The van der Waals surface area contributed by atoms with Gasteiger partial charge < -0.3 is 10.5 Å². The van der Waals surface area contributed by atoms with Crippen molar-refractivity contribution in [3.8, 4) is 0 Å². The van der Waals surface area contributed by atoms with Crippen molar-refractivity contribution in [2.24, 2.45) is 5.73 Å². The van der Waals surface area contributed by atoms with Gasteiger partial charge in [-0.3, -0.25) is 0 Å². The summed E-state index contributed by atoms with van der Waals surface area (Å²) in [5.41, 5.74) is 5.14. The molecule has 10 heavy (non-hydrogen) atoms. The van der Waals surface area contributed by atoms with Crippen molar-refractivity contribution >= 4 is 5.97 Å². The highest BCUT2D eigenvalue weighted by Gasteiger charge is 1.85. The smallest absolute Gasteiger partial charge is 0.330 e. The van der Waals surface area contributed by atoms with E-state index in [1.54, 1.807) is 18.2 Å². The number of carbonyl (C=O) groups excluding carboxylic acids is 1. The van der Waals surface area contributed by atoms with E-state index in [9.17, 15) is 4.79 Å². The maximum absolute atomic E-state index is 10.4. The number of esters is 1. The lowest BCUT2D eigenvalue weighted by atomic mass is 10.4. The Hall–Kier alpha value is -1.09. The molecule has 0 rings (SSSR count). The van der Waals surface area contributed by atoms with Gasteiger partial charge in [0.2, 0.25) is 0 Å². The average molecular weight is 141 g/mol. The fourth-order valence-electron chi connectivity index (χ4n) is 0.359. The standard InChI is InChI=1S/C7H11NO2/c1-10-7(9)5-3-2-4-6-8/h2-5H,6,8H2,1H3/b4-2+,5-3+. The number of rotatable bonds is 3. The number of hydrogen-bond donors (Lipinski definition) is 1. The zero-order valence-corrected chi connectivity index (χ0v) is 5.91. The first-order valence-corrected chi connectivity index (χ1v) is 2.92. The third kappa shape index (κ3) is 5.05. The fraction of sp³-hybridized carbons (Fsp3) is 0.286. The molecule has 0 spiro atoms. The Morgan fingerprint density at radius 1 is 1.60 bits per heavy atom. The van der Waals surface area contributed by atoms with E-state index in [0.29, 0.717) is 6.54 Å². The van der Waals surface area contributed by atoms with E-state index >= 15 is 0 Å². The van der Waals surface area contributed by atoms with Crippen LogP contribution in [-0.4, -0.2) is 19.6 Å². The summed E-state index contributed by atoms with van der Waals surface area (Å²) >= 11 is 0. The van der Waals surface area contributed by atoms with Gasteiger partial charge in [-0.25, -0.2) is 4.79 Å². The molecule has 0 unspecified atom stereocenters. The van der Waals surface area contributed by atoms with Crippen LogP contribution in [0.2, 0.25) is 0 Å². The van der Waals surface area contributed by atoms with Crippen LogP contribution in [0.3, 0.4) is 0 Å². The fourth-order valence-corrected chi connectivity index (χ4v) is 0.359. The highest BCUT2D eigenvalue weighted by molar-refractivity contribution is 5.82. The van der Waals surface area contributed by atoms with Crippen LogP contribution in [0.1, 0.15) is 0 Å². The lowest BCUT2D eigenvalue weighted by molar-refractivity contribution is -0.134. The summed E-state index contributed by atoms with van der Waals surface area (Å²) in [5, 5.41) is 0. The van der Waals surface area contributed by atoms with Crippen molar-refractivity contribution in [3.05, 3.63) is 24.3 Å². The van der Waals surface area contributed by atoms with E-state index in [0.717, 1.165) is 0 Å². The van der Waals surface area contributed by atoms with Crippen LogP contribution in [0.25, 0.3) is 0 Å². The molecule has 0 aliphatic carbocycles. The molecule has 0 aliphatic rings. The number of carbonyl (C=O) groups is 1. The lowest BCUT2D eigenvalue weighted by Gasteiger charge is -1.85. The Morgan fingerprint density at radius 3 is 2.80 bits per heavy atom. The second-order valence-electron chi connectivity index (χ2n) is 1.55. The first kappa shape index (κ1) is 8.91. The van der Waals surface area contributed by atoms with Crippen LogP contribution in [0.4, 0.5) is 0 Å². The van der Waals surface area contributed by atoms with Gasteiger partial charge >= 0.3 is 5.97 Å². The van der Waals surface area contributed by atoms with Gasteiger partial charge in [0, 0.05) is 12.6 Å². The summed E-state index contributed by atoms with van der Waals surface area (Å²) < 4.78 is 4.34. The average Bonchev–Trinajstić information content (AvgIpc) is 1.98. The highest BCUT2D eigenvalue weighted by atomic mass is 16.5. The van der Waals surface area contributed by atoms with Crippen LogP contribution >= 0.6 is 0 Å². The Bertz CT molecular complexity index is 150. The van der Waals surface area contributed by atoms with Gasteiger partial charge in [0.25, 0.3) is 0 Å². The molecule has 0 fully saturated rings. The largest absolute Gasteiger partial charge is 0.466 e. The molecule has 0 aliphatic heterocycles. The van der Waals surface area contributed by atoms with Crippen molar-refractivity contribution < 1.29 is 9.53 Å². The Morgan fingerprint density at radius 2 is 2.30 bits per heavy atom. The third-order valence-electron chi connectivity index (χ3n) is 0.817. The van der Waals surface area contributed by atoms with Crippen LogP contribution in [0.5, 0.6) is 0 Å². The molecule has 2 N–H and O–H groups in total. The van der Waals surface area contributed by atoms with Crippen molar-refractivity contribution in [2.75, 3.05) is 13.7 Å². The third-order valence-corrected chi connectivity index (χ3v) is 0.817. The molecular formula is C7H11NO2. The van der Waals surface area contributed by atoms with Gasteiger partial charge in [-0.1, -0.05) is 18.2 Å². The first-order chi connectivity index (χ1) is 4.81. The van der Waals surface area contributed by atoms with Crippen molar-refractivity contribution in [3.63, 3.8) is 0 Å². The molecular weight excluding hydrogens is 130 g/mol. The van der Waals surface area contributed by atoms with Gasteiger partial charge in [0.15, 0.2) is 0 Å². The number of nitrogens with two attached hydrogens (primary N) is 1. The Balaban J connectivity index is 3.55. The maximum Gasteiger partial charge on any atom is 0.330 e. The second kappa shape index (κ2) is 6.04. The minimum absolute atomic E-state index is 0.360. The molecule has 0 amide bonds. The molecule has 0 aromatic carbocycles. The quantitative estimate of drug-likeness (QED) is 0.348. The second-order valence-corrected chi connectivity index (χ2v) is 1.55. The molecule has 3 nitrogen and oxygen atoms in total. The molecule has 3 heteroatoms. The predicted molar refractivity (Wildman–Crippen MR) is 39.4 cm³/mol. The summed E-state index contributed by atoms with van der Waals surface area (Å²) in [6.45, 7) is 0.478. The van der Waals surface area contributed by atoms with Gasteiger partial charge in [0.1, 0.15) is 0 Å². The van der Waals surface area contributed by atoms with Gasteiger partial charge in [-0.2, -0.15) is 0 Å². The van der Waals surface area contributed by atoms with Crippen molar-refractivity contribution in [1.82, 2.24) is 0 Å². The summed E-state index contributed by atoms with van der Waals surface area (Å²) in [6, 6.07) is 0. The zero-order valence-electron chi connectivity index (χ0n) is 5.91. The zero-order chi connectivity index (χ0) is 7.82. The molecule has 0 saturated heterocycles. The molecule has 0 heterocycles. The minimum atomic E-state index is -0.360. The number of hydrogen-bond acceptors (Lipinski definition) is 3. The maximum atomic E-state index is 10.4. The van der Waals surface area contributed by atoms with Crippen LogP contribution < -0.4 is 5.73 Å². The van der Waals surface area contributed by atoms with Crippen LogP contribution in [0.15, 0.2) is 24.3 Å². The molecule has 0 radical (unpaired) electrons. The van der Waals surface area contributed by atoms with Crippen LogP contribution in [0, 0.1) is 0 Å². The van der Waals surface area contributed by atoms with E-state index < -0.39 is 0 Å². The van der Waals surface area contributed by atoms with E-state index in [1.165, 1.54) is 13.2 Å². The number of allylic oxidation sites excluding steroid dienone is 2. The van der Waals surface area contributed by atoms with Gasteiger partial charge in [-0.15, -0.1) is 0 Å².